The zero-order valence-corrected chi connectivity index (χ0v) is 21.3. The van der Waals surface area contributed by atoms with Crippen LogP contribution in [0.25, 0.3) is 5.83 Å². The van der Waals surface area contributed by atoms with Crippen LogP contribution in [0.3, 0.4) is 0 Å². The molecule has 1 atom stereocenters. The summed E-state index contributed by atoms with van der Waals surface area (Å²) in [7, 11) is 0. The lowest BCUT2D eigenvalue weighted by Gasteiger charge is -2.26. The maximum atomic E-state index is 15.5. The molecule has 190 valence electrons. The molecule has 0 aliphatic heterocycles. The highest BCUT2D eigenvalue weighted by Gasteiger charge is 2.48. The lowest BCUT2D eigenvalue weighted by atomic mass is 9.82. The van der Waals surface area contributed by atoms with E-state index >= 15 is 8.78 Å². The lowest BCUT2D eigenvalue weighted by Crippen LogP contribution is -2.32. The molecule has 0 aromatic heterocycles. The van der Waals surface area contributed by atoms with Crippen LogP contribution < -0.4 is 5.32 Å². The average molecular weight is 492 g/mol. The molecular formula is C29H34F5N. The maximum absolute atomic E-state index is 15.5. The van der Waals surface area contributed by atoms with Crippen molar-refractivity contribution >= 4 is 5.83 Å². The largest absolute Gasteiger partial charge is 0.405 e. The number of alkyl halides is 4. The first kappa shape index (κ1) is 27.0. The van der Waals surface area contributed by atoms with Gasteiger partial charge in [-0.1, -0.05) is 30.8 Å². The van der Waals surface area contributed by atoms with Crippen LogP contribution in [0.2, 0.25) is 0 Å². The van der Waals surface area contributed by atoms with Crippen molar-refractivity contribution in [3.8, 4) is 0 Å². The van der Waals surface area contributed by atoms with Gasteiger partial charge in [0.2, 0.25) is 0 Å². The van der Waals surface area contributed by atoms with Gasteiger partial charge in [-0.05, 0) is 99.9 Å². The highest BCUT2D eigenvalue weighted by molar-refractivity contribution is 5.63. The van der Waals surface area contributed by atoms with Gasteiger partial charge in [0.15, 0.2) is 0 Å². The van der Waals surface area contributed by atoms with Gasteiger partial charge in [-0.25, -0.2) is 8.78 Å². The van der Waals surface area contributed by atoms with E-state index in [2.05, 4.69) is 11.9 Å². The van der Waals surface area contributed by atoms with Gasteiger partial charge in [-0.15, -0.1) is 0 Å². The van der Waals surface area contributed by atoms with Crippen LogP contribution in [-0.2, 0) is 5.41 Å². The second-order valence-electron chi connectivity index (χ2n) is 10.4. The number of benzene rings is 2. The van der Waals surface area contributed by atoms with Crippen LogP contribution in [0.1, 0.15) is 71.6 Å². The summed E-state index contributed by atoms with van der Waals surface area (Å²) in [6.07, 6.45) is -1.64. The van der Waals surface area contributed by atoms with Gasteiger partial charge >= 0.3 is 6.18 Å². The molecule has 0 bridgehead atoms. The SMILES string of the molecule is C=C(NCC(F)(F)F)C1(c2ccc(/C(F)=C/C(c3cc(C)c(C)c(C)c3)C(C)(C)F)cc2C)CC1. The lowest BCUT2D eigenvalue weighted by molar-refractivity contribution is -0.123. The highest BCUT2D eigenvalue weighted by atomic mass is 19.4. The van der Waals surface area contributed by atoms with Gasteiger partial charge in [0, 0.05) is 22.6 Å². The molecule has 1 fully saturated rings. The van der Waals surface area contributed by atoms with Crippen LogP contribution in [-0.4, -0.2) is 18.4 Å². The minimum atomic E-state index is -4.33. The zero-order chi connectivity index (χ0) is 26.3. The van der Waals surface area contributed by atoms with Crippen molar-refractivity contribution in [2.24, 2.45) is 0 Å². The first-order chi connectivity index (χ1) is 16.0. The van der Waals surface area contributed by atoms with Crippen molar-refractivity contribution in [3.05, 3.63) is 87.6 Å². The van der Waals surface area contributed by atoms with E-state index in [1.807, 2.05) is 39.8 Å². The molecule has 0 amide bonds. The van der Waals surface area contributed by atoms with Crippen molar-refractivity contribution in [3.63, 3.8) is 0 Å². The van der Waals surface area contributed by atoms with Crippen molar-refractivity contribution in [1.82, 2.24) is 5.32 Å². The van der Waals surface area contributed by atoms with Gasteiger partial charge in [0.25, 0.3) is 0 Å². The quantitative estimate of drug-likeness (QED) is 0.365. The van der Waals surface area contributed by atoms with Crippen LogP contribution in [0, 0.1) is 27.7 Å². The topological polar surface area (TPSA) is 12.0 Å². The third-order valence-electron chi connectivity index (χ3n) is 7.21. The molecule has 0 heterocycles. The Bertz CT molecular complexity index is 1120. The number of halogens is 5. The Hall–Kier alpha value is -2.63. The van der Waals surface area contributed by atoms with Crippen molar-refractivity contribution in [2.75, 3.05) is 6.54 Å². The second kappa shape index (κ2) is 9.44. The number of aryl methyl sites for hydroxylation is 3. The molecule has 6 heteroatoms. The van der Waals surface area contributed by atoms with Crippen LogP contribution in [0.15, 0.2) is 48.7 Å². The summed E-state index contributed by atoms with van der Waals surface area (Å²) >= 11 is 0. The molecule has 1 nitrogen and oxygen atoms in total. The summed E-state index contributed by atoms with van der Waals surface area (Å²) in [5.41, 5.74) is 3.85. The summed E-state index contributed by atoms with van der Waals surface area (Å²) in [5, 5.41) is 2.42. The van der Waals surface area contributed by atoms with Gasteiger partial charge in [0.1, 0.15) is 18.0 Å². The Kier molecular flexibility index (Phi) is 7.27. The molecular weight excluding hydrogens is 457 g/mol. The van der Waals surface area contributed by atoms with E-state index in [9.17, 15) is 13.2 Å². The van der Waals surface area contributed by atoms with E-state index in [4.69, 9.17) is 0 Å². The van der Waals surface area contributed by atoms with Gasteiger partial charge in [0.05, 0.1) is 0 Å². The van der Waals surface area contributed by atoms with E-state index in [1.54, 1.807) is 18.2 Å². The first-order valence-electron chi connectivity index (χ1n) is 11.8. The number of hydrogen-bond acceptors (Lipinski definition) is 1. The van der Waals surface area contributed by atoms with Crippen LogP contribution >= 0.6 is 0 Å². The molecule has 0 saturated heterocycles. The predicted molar refractivity (Wildman–Crippen MR) is 133 cm³/mol. The standard InChI is InChI=1S/C29H34F5N/c1-17-12-23(13-18(2)20(17)4)25(27(6,7)31)15-26(30)22-8-9-24(19(3)14-22)28(10-11-28)21(5)35-16-29(32,33)34/h8-9,12-15,25,35H,5,10-11,16H2,1-4,6-7H3/b26-15-. The van der Waals surface area contributed by atoms with E-state index < -0.39 is 35.5 Å². The summed E-state index contributed by atoms with van der Waals surface area (Å²) in [4.78, 5) is 0. The fourth-order valence-electron chi connectivity index (χ4n) is 4.77. The number of rotatable bonds is 8. The second-order valence-corrected chi connectivity index (χ2v) is 10.4. The normalized spacial score (nSPS) is 16.7. The third kappa shape index (κ3) is 5.96. The van der Waals surface area contributed by atoms with Gasteiger partial charge in [-0.2, -0.15) is 13.2 Å². The Morgan fingerprint density at radius 1 is 1.00 bits per heavy atom. The fraction of sp³-hybridized carbons (Fsp3) is 0.448. The van der Waals surface area contributed by atoms with E-state index in [-0.39, 0.29) is 0 Å². The Morgan fingerprint density at radius 2 is 1.57 bits per heavy atom. The monoisotopic (exact) mass is 491 g/mol. The smallest absolute Gasteiger partial charge is 0.380 e. The third-order valence-corrected chi connectivity index (χ3v) is 7.21. The zero-order valence-electron chi connectivity index (χ0n) is 21.3. The predicted octanol–water partition coefficient (Wildman–Crippen LogP) is 8.46. The minimum Gasteiger partial charge on any atom is -0.380 e. The Morgan fingerprint density at radius 3 is 2.03 bits per heavy atom. The number of allylic oxidation sites excluding steroid dienone is 2. The molecule has 1 unspecified atom stereocenters. The van der Waals surface area contributed by atoms with Crippen molar-refractivity contribution in [2.45, 2.75) is 77.6 Å². The molecule has 1 N–H and O–H groups in total. The summed E-state index contributed by atoms with van der Waals surface area (Å²) in [6.45, 7) is 13.3. The molecule has 2 aromatic carbocycles. The van der Waals surface area contributed by atoms with E-state index in [0.29, 0.717) is 29.7 Å². The number of hydrogen-bond donors (Lipinski definition) is 1. The summed E-state index contributed by atoms with van der Waals surface area (Å²) in [5.74, 6) is -1.33. The van der Waals surface area contributed by atoms with Crippen molar-refractivity contribution < 1.29 is 22.0 Å². The maximum Gasteiger partial charge on any atom is 0.405 e. The minimum absolute atomic E-state index is 0.311. The Labute approximate surface area is 205 Å². The first-order valence-corrected chi connectivity index (χ1v) is 11.8. The van der Waals surface area contributed by atoms with Crippen LogP contribution in [0.4, 0.5) is 22.0 Å². The number of nitrogens with one attached hydrogen (secondary N) is 1. The van der Waals surface area contributed by atoms with Crippen LogP contribution in [0.5, 0.6) is 0 Å². The highest BCUT2D eigenvalue weighted by Crippen LogP contribution is 2.53. The molecule has 2 aromatic rings. The summed E-state index contributed by atoms with van der Waals surface area (Å²) < 4.78 is 68.6. The summed E-state index contributed by atoms with van der Waals surface area (Å²) in [6, 6.07) is 8.85. The van der Waals surface area contributed by atoms with Crippen molar-refractivity contribution in [1.29, 1.82) is 0 Å². The average Bonchev–Trinajstić information content (AvgIpc) is 3.54. The van der Waals surface area contributed by atoms with E-state index in [0.717, 1.165) is 27.8 Å². The molecule has 0 spiro atoms. The molecule has 0 radical (unpaired) electrons. The van der Waals surface area contributed by atoms with E-state index in [1.165, 1.54) is 19.9 Å². The van der Waals surface area contributed by atoms with Gasteiger partial charge < -0.3 is 5.32 Å². The van der Waals surface area contributed by atoms with Gasteiger partial charge in [-0.3, -0.25) is 0 Å². The molecule has 1 saturated carbocycles. The fourth-order valence-corrected chi connectivity index (χ4v) is 4.77. The molecule has 1 aliphatic rings. The molecule has 3 rings (SSSR count). The molecule has 1 aliphatic carbocycles. The Balaban J connectivity index is 1.92. The molecule has 35 heavy (non-hydrogen) atoms.